The highest BCUT2D eigenvalue weighted by Crippen LogP contribution is 2.23. The third-order valence-electron chi connectivity index (χ3n) is 2.38. The van der Waals surface area contributed by atoms with Crippen LogP contribution in [0.5, 0.6) is 0 Å². The van der Waals surface area contributed by atoms with Crippen LogP contribution in [0.4, 0.5) is 5.95 Å². The number of hydrogen-bond donors (Lipinski definition) is 1. The number of sulfonamides is 1. The highest BCUT2D eigenvalue weighted by Gasteiger charge is 2.14. The van der Waals surface area contributed by atoms with Crippen LogP contribution in [0.15, 0.2) is 30.5 Å². The number of nitrogens with zero attached hydrogens (tertiary/aromatic N) is 2. The average Bonchev–Trinajstić information content (AvgIpc) is 2.33. The molecule has 1 aromatic heterocycles. The van der Waals surface area contributed by atoms with Crippen LogP contribution in [0.2, 0.25) is 10.0 Å². The molecule has 0 saturated carbocycles. The Morgan fingerprint density at radius 2 is 1.95 bits per heavy atom. The van der Waals surface area contributed by atoms with E-state index in [-0.39, 0.29) is 11.7 Å². The van der Waals surface area contributed by atoms with Gasteiger partial charge in [0.15, 0.2) is 0 Å². The molecule has 106 valence electrons. The zero-order chi connectivity index (χ0) is 14.8. The van der Waals surface area contributed by atoms with Gasteiger partial charge in [-0.1, -0.05) is 29.3 Å². The van der Waals surface area contributed by atoms with Crippen molar-refractivity contribution in [2.24, 2.45) is 0 Å². The van der Waals surface area contributed by atoms with E-state index in [0.29, 0.717) is 21.3 Å². The van der Waals surface area contributed by atoms with Gasteiger partial charge in [-0.2, -0.15) is 0 Å². The summed E-state index contributed by atoms with van der Waals surface area (Å²) >= 11 is 11.6. The van der Waals surface area contributed by atoms with Gasteiger partial charge < -0.3 is 0 Å². The third kappa shape index (κ3) is 4.06. The molecule has 8 heteroatoms. The highest BCUT2D eigenvalue weighted by molar-refractivity contribution is 7.91. The Hall–Kier alpha value is -1.37. The molecule has 0 unspecified atom stereocenters. The van der Waals surface area contributed by atoms with Crippen LogP contribution in [0.1, 0.15) is 11.3 Å². The van der Waals surface area contributed by atoms with Gasteiger partial charge in [0.05, 0.1) is 15.8 Å². The maximum atomic E-state index is 12.0. The summed E-state index contributed by atoms with van der Waals surface area (Å²) < 4.78 is 26.3. The van der Waals surface area contributed by atoms with Crippen molar-refractivity contribution in [3.05, 3.63) is 51.8 Å². The fourth-order valence-corrected chi connectivity index (χ4v) is 2.91. The van der Waals surface area contributed by atoms with Crippen LogP contribution in [0.3, 0.4) is 0 Å². The summed E-state index contributed by atoms with van der Waals surface area (Å²) in [7, 11) is -3.61. The molecule has 2 rings (SSSR count). The van der Waals surface area contributed by atoms with Crippen molar-refractivity contribution in [1.29, 1.82) is 0 Å². The fraction of sp³-hybridized carbons (Fsp3) is 0.167. The molecule has 0 atom stereocenters. The number of anilines is 1. The minimum atomic E-state index is -3.61. The Balaban J connectivity index is 2.17. The first kappa shape index (κ1) is 15.0. The van der Waals surface area contributed by atoms with Gasteiger partial charge in [-0.25, -0.2) is 18.4 Å². The van der Waals surface area contributed by atoms with E-state index in [9.17, 15) is 8.42 Å². The molecule has 0 aliphatic heterocycles. The van der Waals surface area contributed by atoms with Crippen LogP contribution >= 0.6 is 23.2 Å². The SMILES string of the molecule is Cc1ccnc(NS(=O)(=O)Cc2ccc(Cl)c(Cl)c2)n1. The quantitative estimate of drug-likeness (QED) is 0.934. The predicted octanol–water partition coefficient (Wildman–Crippen LogP) is 3.03. The van der Waals surface area contributed by atoms with Gasteiger partial charge in [0.25, 0.3) is 0 Å². The molecule has 0 bridgehead atoms. The average molecular weight is 332 g/mol. The number of nitrogens with one attached hydrogen (secondary N) is 1. The second kappa shape index (κ2) is 5.95. The molecule has 0 spiro atoms. The lowest BCUT2D eigenvalue weighted by molar-refractivity contribution is 0.600. The van der Waals surface area contributed by atoms with Crippen LogP contribution in [-0.4, -0.2) is 18.4 Å². The number of hydrogen-bond acceptors (Lipinski definition) is 4. The third-order valence-corrected chi connectivity index (χ3v) is 4.33. The van der Waals surface area contributed by atoms with Gasteiger partial charge in [-0.15, -0.1) is 0 Å². The summed E-state index contributed by atoms with van der Waals surface area (Å²) in [5, 5.41) is 0.689. The maximum Gasteiger partial charge on any atom is 0.239 e. The fourth-order valence-electron chi connectivity index (χ4n) is 1.52. The molecular formula is C12H11Cl2N3O2S. The van der Waals surface area contributed by atoms with E-state index in [0.717, 1.165) is 0 Å². The molecule has 0 aliphatic rings. The number of halogens is 2. The summed E-state index contributed by atoms with van der Waals surface area (Å²) in [6, 6.07) is 6.35. The zero-order valence-electron chi connectivity index (χ0n) is 10.5. The van der Waals surface area contributed by atoms with Crippen molar-refractivity contribution in [2.75, 3.05) is 4.72 Å². The number of aromatic nitrogens is 2. The first-order valence-electron chi connectivity index (χ1n) is 5.60. The number of rotatable bonds is 4. The van der Waals surface area contributed by atoms with Gasteiger partial charge in [0.1, 0.15) is 0 Å². The van der Waals surface area contributed by atoms with Crippen molar-refractivity contribution in [2.45, 2.75) is 12.7 Å². The second-order valence-electron chi connectivity index (χ2n) is 4.13. The minimum absolute atomic E-state index is 0.0464. The topological polar surface area (TPSA) is 72.0 Å². The zero-order valence-corrected chi connectivity index (χ0v) is 12.8. The molecule has 1 heterocycles. The summed E-state index contributed by atoms with van der Waals surface area (Å²) in [6.45, 7) is 1.75. The molecule has 0 saturated heterocycles. The molecule has 5 nitrogen and oxygen atoms in total. The second-order valence-corrected chi connectivity index (χ2v) is 6.67. The maximum absolute atomic E-state index is 12.0. The van der Waals surface area contributed by atoms with Crippen molar-refractivity contribution >= 4 is 39.2 Å². The van der Waals surface area contributed by atoms with Crippen LogP contribution in [0, 0.1) is 6.92 Å². The smallest absolute Gasteiger partial charge is 0.239 e. The van der Waals surface area contributed by atoms with E-state index in [2.05, 4.69) is 14.7 Å². The number of aryl methyl sites for hydroxylation is 1. The first-order valence-corrected chi connectivity index (χ1v) is 8.00. The Bertz CT molecular complexity index is 735. The predicted molar refractivity (Wildman–Crippen MR) is 79.5 cm³/mol. The molecule has 0 fully saturated rings. The van der Waals surface area contributed by atoms with Crippen molar-refractivity contribution in [3.8, 4) is 0 Å². The van der Waals surface area contributed by atoms with E-state index in [4.69, 9.17) is 23.2 Å². The molecule has 1 N–H and O–H groups in total. The van der Waals surface area contributed by atoms with Crippen LogP contribution in [0.25, 0.3) is 0 Å². The Morgan fingerprint density at radius 3 is 2.60 bits per heavy atom. The van der Waals surface area contributed by atoms with E-state index < -0.39 is 10.0 Å². The normalized spacial score (nSPS) is 11.3. The molecule has 0 aliphatic carbocycles. The monoisotopic (exact) mass is 331 g/mol. The molecule has 0 radical (unpaired) electrons. The summed E-state index contributed by atoms with van der Waals surface area (Å²) in [5.74, 6) is -0.189. The van der Waals surface area contributed by atoms with E-state index in [1.165, 1.54) is 12.3 Å². The van der Waals surface area contributed by atoms with Gasteiger partial charge in [-0.3, -0.25) is 4.72 Å². The van der Waals surface area contributed by atoms with Gasteiger partial charge in [0, 0.05) is 11.9 Å². The van der Waals surface area contributed by atoms with E-state index in [1.807, 2.05) is 0 Å². The lowest BCUT2D eigenvalue weighted by atomic mass is 10.2. The Morgan fingerprint density at radius 1 is 1.20 bits per heavy atom. The van der Waals surface area contributed by atoms with E-state index >= 15 is 0 Å². The largest absolute Gasteiger partial charge is 0.251 e. The van der Waals surface area contributed by atoms with Gasteiger partial charge in [-0.05, 0) is 30.7 Å². The highest BCUT2D eigenvalue weighted by atomic mass is 35.5. The van der Waals surface area contributed by atoms with Crippen molar-refractivity contribution in [1.82, 2.24) is 9.97 Å². The molecular weight excluding hydrogens is 321 g/mol. The minimum Gasteiger partial charge on any atom is -0.251 e. The summed E-state index contributed by atoms with van der Waals surface area (Å²) in [5.41, 5.74) is 1.20. The summed E-state index contributed by atoms with van der Waals surface area (Å²) in [6.07, 6.45) is 1.49. The lowest BCUT2D eigenvalue weighted by Gasteiger charge is -2.07. The van der Waals surface area contributed by atoms with Crippen molar-refractivity contribution in [3.63, 3.8) is 0 Å². The molecule has 1 aromatic carbocycles. The van der Waals surface area contributed by atoms with Gasteiger partial charge >= 0.3 is 0 Å². The Labute approximate surface area is 127 Å². The number of benzene rings is 1. The van der Waals surface area contributed by atoms with E-state index in [1.54, 1.807) is 25.1 Å². The van der Waals surface area contributed by atoms with Gasteiger partial charge in [0.2, 0.25) is 16.0 Å². The Kier molecular flexibility index (Phi) is 4.47. The van der Waals surface area contributed by atoms with Crippen molar-refractivity contribution < 1.29 is 8.42 Å². The molecule has 20 heavy (non-hydrogen) atoms. The lowest BCUT2D eigenvalue weighted by Crippen LogP contribution is -2.17. The molecule has 2 aromatic rings. The van der Waals surface area contributed by atoms with Crippen LogP contribution < -0.4 is 4.72 Å². The molecule has 0 amide bonds. The first-order chi connectivity index (χ1) is 9.35. The van der Waals surface area contributed by atoms with Crippen LogP contribution in [-0.2, 0) is 15.8 Å². The summed E-state index contributed by atoms with van der Waals surface area (Å²) in [4.78, 5) is 7.83. The standard InChI is InChI=1S/C12H11Cl2N3O2S/c1-8-4-5-15-12(16-8)17-20(18,19)7-9-2-3-10(13)11(14)6-9/h2-6H,7H2,1H3,(H,15,16,17).